The van der Waals surface area contributed by atoms with Crippen molar-refractivity contribution in [2.75, 3.05) is 7.05 Å². The molecule has 1 amide bonds. The summed E-state index contributed by atoms with van der Waals surface area (Å²) in [5.74, 6) is -1.18. The fourth-order valence-corrected chi connectivity index (χ4v) is 3.46. The summed E-state index contributed by atoms with van der Waals surface area (Å²) < 4.78 is 0. The third-order valence-corrected chi connectivity index (χ3v) is 5.06. The van der Waals surface area contributed by atoms with E-state index in [-0.39, 0.29) is 23.8 Å². The van der Waals surface area contributed by atoms with Gasteiger partial charge in [0.2, 0.25) is 5.91 Å². The normalized spacial score (nSPS) is 24.1. The van der Waals surface area contributed by atoms with Gasteiger partial charge in [0, 0.05) is 17.8 Å². The Hall–Kier alpha value is -1.36. The lowest BCUT2D eigenvalue weighted by Gasteiger charge is -2.27. The summed E-state index contributed by atoms with van der Waals surface area (Å²) in [7, 11) is 1.81. The van der Waals surface area contributed by atoms with Gasteiger partial charge in [-0.05, 0) is 37.6 Å². The Bertz CT molecular complexity index is 457. The maximum Gasteiger partial charge on any atom is 0.306 e. The molecule has 0 radical (unpaired) electrons. The second-order valence-corrected chi connectivity index (χ2v) is 6.16. The summed E-state index contributed by atoms with van der Waals surface area (Å²) in [6.07, 6.45) is 1.79. The predicted molar refractivity (Wildman–Crippen MR) is 74.0 cm³/mol. The van der Waals surface area contributed by atoms with Crippen molar-refractivity contribution in [2.24, 2.45) is 11.8 Å². The van der Waals surface area contributed by atoms with Crippen LogP contribution >= 0.6 is 11.3 Å². The lowest BCUT2D eigenvalue weighted by molar-refractivity contribution is -0.141. The summed E-state index contributed by atoms with van der Waals surface area (Å²) in [6, 6.07) is 4.05. The van der Waals surface area contributed by atoms with Crippen molar-refractivity contribution < 1.29 is 14.7 Å². The Morgan fingerprint density at radius 1 is 1.42 bits per heavy atom. The highest BCUT2D eigenvalue weighted by Gasteiger charge is 2.36. The van der Waals surface area contributed by atoms with E-state index in [9.17, 15) is 9.59 Å². The first-order valence-electron chi connectivity index (χ1n) is 6.53. The summed E-state index contributed by atoms with van der Waals surface area (Å²) in [4.78, 5) is 26.2. The van der Waals surface area contributed by atoms with Crippen molar-refractivity contribution >= 4 is 23.2 Å². The van der Waals surface area contributed by atoms with E-state index in [1.54, 1.807) is 23.3 Å². The highest BCUT2D eigenvalue weighted by molar-refractivity contribution is 7.10. The van der Waals surface area contributed by atoms with Crippen LogP contribution in [0.2, 0.25) is 0 Å². The van der Waals surface area contributed by atoms with Gasteiger partial charge in [-0.1, -0.05) is 6.07 Å². The van der Waals surface area contributed by atoms with Crippen LogP contribution in [-0.2, 0) is 9.59 Å². The number of rotatable bonds is 4. The lowest BCUT2D eigenvalue weighted by Crippen LogP contribution is -2.34. The molecule has 3 unspecified atom stereocenters. The monoisotopic (exact) mass is 281 g/mol. The molecule has 1 aromatic heterocycles. The average molecular weight is 281 g/mol. The van der Waals surface area contributed by atoms with E-state index >= 15 is 0 Å². The molecule has 0 spiro atoms. The molecule has 5 heteroatoms. The van der Waals surface area contributed by atoms with Gasteiger partial charge in [0.15, 0.2) is 0 Å². The molecule has 1 saturated carbocycles. The molecule has 104 valence electrons. The minimum atomic E-state index is -0.774. The van der Waals surface area contributed by atoms with E-state index in [1.807, 2.05) is 24.4 Å². The van der Waals surface area contributed by atoms with E-state index in [0.717, 1.165) is 4.88 Å². The Morgan fingerprint density at radius 3 is 2.63 bits per heavy atom. The molecule has 1 fully saturated rings. The van der Waals surface area contributed by atoms with Crippen LogP contribution in [-0.4, -0.2) is 28.9 Å². The molecule has 0 aliphatic heterocycles. The second-order valence-electron chi connectivity index (χ2n) is 5.19. The lowest BCUT2D eigenvalue weighted by atomic mass is 10.0. The molecule has 1 aliphatic rings. The van der Waals surface area contributed by atoms with Crippen LogP contribution < -0.4 is 0 Å². The quantitative estimate of drug-likeness (QED) is 0.923. The number of nitrogens with zero attached hydrogens (tertiary/aromatic N) is 1. The first-order chi connectivity index (χ1) is 9.00. The van der Waals surface area contributed by atoms with E-state index in [2.05, 4.69) is 0 Å². The summed E-state index contributed by atoms with van der Waals surface area (Å²) >= 11 is 1.64. The Labute approximate surface area is 117 Å². The SMILES string of the molecule is CC(c1cccs1)N(C)C(=O)C1CCC(C(=O)O)C1. The van der Waals surface area contributed by atoms with Gasteiger partial charge in [-0.2, -0.15) is 0 Å². The minimum absolute atomic E-state index is 0.0522. The van der Waals surface area contributed by atoms with Crippen LogP contribution in [0.1, 0.15) is 37.1 Å². The van der Waals surface area contributed by atoms with Crippen LogP contribution in [0.25, 0.3) is 0 Å². The van der Waals surface area contributed by atoms with Crippen molar-refractivity contribution in [3.8, 4) is 0 Å². The molecule has 1 aliphatic carbocycles. The number of hydrogen-bond donors (Lipinski definition) is 1. The van der Waals surface area contributed by atoms with Gasteiger partial charge in [-0.3, -0.25) is 9.59 Å². The van der Waals surface area contributed by atoms with Gasteiger partial charge < -0.3 is 10.0 Å². The van der Waals surface area contributed by atoms with Crippen LogP contribution in [0.5, 0.6) is 0 Å². The molecular weight excluding hydrogens is 262 g/mol. The van der Waals surface area contributed by atoms with Crippen molar-refractivity contribution in [3.05, 3.63) is 22.4 Å². The Morgan fingerprint density at radius 2 is 2.11 bits per heavy atom. The number of carbonyl (C=O) groups is 2. The first-order valence-corrected chi connectivity index (χ1v) is 7.41. The third-order valence-electron chi connectivity index (χ3n) is 4.01. The molecule has 1 aromatic rings. The van der Waals surface area contributed by atoms with Crippen LogP contribution in [0.4, 0.5) is 0 Å². The molecule has 0 aromatic carbocycles. The summed E-state index contributed by atoms with van der Waals surface area (Å²) in [6.45, 7) is 2.01. The van der Waals surface area contributed by atoms with E-state index < -0.39 is 5.97 Å². The van der Waals surface area contributed by atoms with Crippen molar-refractivity contribution in [1.82, 2.24) is 4.90 Å². The number of thiophene rings is 1. The smallest absolute Gasteiger partial charge is 0.306 e. The van der Waals surface area contributed by atoms with Gasteiger partial charge in [0.1, 0.15) is 0 Å². The number of carboxylic acid groups (broad SMARTS) is 1. The Balaban J connectivity index is 1.98. The number of hydrogen-bond acceptors (Lipinski definition) is 3. The van der Waals surface area contributed by atoms with Crippen molar-refractivity contribution in [1.29, 1.82) is 0 Å². The fourth-order valence-electron chi connectivity index (χ4n) is 2.63. The molecule has 3 atom stereocenters. The topological polar surface area (TPSA) is 57.6 Å². The molecule has 0 bridgehead atoms. The highest BCUT2D eigenvalue weighted by atomic mass is 32.1. The third kappa shape index (κ3) is 2.97. The number of carboxylic acids is 1. The molecule has 19 heavy (non-hydrogen) atoms. The standard InChI is InChI=1S/C14H19NO3S/c1-9(12-4-3-7-19-12)15(2)13(16)10-5-6-11(8-10)14(17)18/h3-4,7,9-11H,5-6,8H2,1-2H3,(H,17,18). The molecule has 4 nitrogen and oxygen atoms in total. The van der Waals surface area contributed by atoms with E-state index in [0.29, 0.717) is 19.3 Å². The maximum absolute atomic E-state index is 12.4. The van der Waals surface area contributed by atoms with Gasteiger partial charge in [0.05, 0.1) is 12.0 Å². The van der Waals surface area contributed by atoms with Gasteiger partial charge in [-0.25, -0.2) is 0 Å². The van der Waals surface area contributed by atoms with Gasteiger partial charge in [-0.15, -0.1) is 11.3 Å². The largest absolute Gasteiger partial charge is 0.481 e. The highest BCUT2D eigenvalue weighted by Crippen LogP contribution is 2.34. The average Bonchev–Trinajstić information content (AvgIpc) is 3.06. The number of carbonyl (C=O) groups excluding carboxylic acids is 1. The van der Waals surface area contributed by atoms with Crippen LogP contribution in [0.3, 0.4) is 0 Å². The Kier molecular flexibility index (Phi) is 4.24. The van der Waals surface area contributed by atoms with Crippen LogP contribution in [0.15, 0.2) is 17.5 Å². The number of amides is 1. The number of aliphatic carboxylic acids is 1. The minimum Gasteiger partial charge on any atom is -0.481 e. The molecule has 1 N–H and O–H groups in total. The second kappa shape index (κ2) is 5.74. The van der Waals surface area contributed by atoms with Crippen molar-refractivity contribution in [3.63, 3.8) is 0 Å². The molecular formula is C14H19NO3S. The summed E-state index contributed by atoms with van der Waals surface area (Å²) in [5, 5.41) is 11.0. The van der Waals surface area contributed by atoms with Gasteiger partial charge >= 0.3 is 5.97 Å². The predicted octanol–water partition coefficient (Wildman–Crippen LogP) is 2.77. The molecule has 2 rings (SSSR count). The summed E-state index contributed by atoms with van der Waals surface area (Å²) in [5.41, 5.74) is 0. The fraction of sp³-hybridized carbons (Fsp3) is 0.571. The van der Waals surface area contributed by atoms with Gasteiger partial charge in [0.25, 0.3) is 0 Å². The van der Waals surface area contributed by atoms with E-state index in [1.165, 1.54) is 0 Å². The van der Waals surface area contributed by atoms with Crippen molar-refractivity contribution in [2.45, 2.75) is 32.2 Å². The van der Waals surface area contributed by atoms with E-state index in [4.69, 9.17) is 5.11 Å². The molecule has 1 heterocycles. The molecule has 0 saturated heterocycles. The zero-order valence-corrected chi connectivity index (χ0v) is 12.0. The maximum atomic E-state index is 12.4. The zero-order chi connectivity index (χ0) is 14.0. The van der Waals surface area contributed by atoms with Crippen LogP contribution in [0, 0.1) is 11.8 Å². The first kappa shape index (κ1) is 14.1. The zero-order valence-electron chi connectivity index (χ0n) is 11.2.